The molecule has 1 aromatic rings. The molecule has 76 valence electrons. The van der Waals surface area contributed by atoms with Gasteiger partial charge in [0.25, 0.3) is 0 Å². The third-order valence-corrected chi connectivity index (χ3v) is 4.73. The molecule has 0 N–H and O–H groups in total. The van der Waals surface area contributed by atoms with Crippen LogP contribution in [0, 0.1) is 6.92 Å². The second-order valence-corrected chi connectivity index (χ2v) is 6.09. The fourth-order valence-electron chi connectivity index (χ4n) is 1.71. The SMILES string of the molecule is Cc1cc(C(=O)C2CCCCS2)cs1. The van der Waals surface area contributed by atoms with Crippen molar-refractivity contribution in [2.24, 2.45) is 0 Å². The quantitative estimate of drug-likeness (QED) is 0.718. The van der Waals surface area contributed by atoms with E-state index in [1.165, 1.54) is 17.7 Å². The fraction of sp³-hybridized carbons (Fsp3) is 0.545. The molecule has 0 radical (unpaired) electrons. The molecule has 1 aliphatic heterocycles. The summed E-state index contributed by atoms with van der Waals surface area (Å²) in [6.07, 6.45) is 3.56. The highest BCUT2D eigenvalue weighted by Gasteiger charge is 2.23. The minimum Gasteiger partial charge on any atom is -0.293 e. The van der Waals surface area contributed by atoms with E-state index >= 15 is 0 Å². The molecule has 1 fully saturated rings. The fourth-order valence-corrected chi connectivity index (χ4v) is 3.67. The van der Waals surface area contributed by atoms with Crippen LogP contribution in [0.2, 0.25) is 0 Å². The van der Waals surface area contributed by atoms with Crippen molar-refractivity contribution in [2.45, 2.75) is 31.4 Å². The Balaban J connectivity index is 2.07. The van der Waals surface area contributed by atoms with E-state index in [0.29, 0.717) is 5.78 Å². The lowest BCUT2D eigenvalue weighted by Crippen LogP contribution is -2.20. The Kier molecular flexibility index (Phi) is 3.29. The summed E-state index contributed by atoms with van der Waals surface area (Å²) < 4.78 is 0. The molecular weight excluding hydrogens is 212 g/mol. The maximum absolute atomic E-state index is 12.0. The van der Waals surface area contributed by atoms with Crippen molar-refractivity contribution >= 4 is 28.9 Å². The van der Waals surface area contributed by atoms with Crippen molar-refractivity contribution in [3.05, 3.63) is 21.9 Å². The van der Waals surface area contributed by atoms with Gasteiger partial charge in [0.05, 0.1) is 5.25 Å². The molecular formula is C11H14OS2. The van der Waals surface area contributed by atoms with Crippen LogP contribution >= 0.6 is 23.1 Å². The first kappa shape index (κ1) is 10.2. The Bertz CT molecular complexity index is 324. The zero-order valence-corrected chi connectivity index (χ0v) is 9.92. The van der Waals surface area contributed by atoms with E-state index in [0.717, 1.165) is 17.7 Å². The van der Waals surface area contributed by atoms with Gasteiger partial charge in [-0.1, -0.05) is 6.42 Å². The molecule has 2 rings (SSSR count). The number of carbonyl (C=O) groups is 1. The first-order valence-electron chi connectivity index (χ1n) is 4.98. The van der Waals surface area contributed by atoms with Crippen molar-refractivity contribution in [1.82, 2.24) is 0 Å². The Morgan fingerprint density at radius 1 is 1.50 bits per heavy atom. The van der Waals surface area contributed by atoms with E-state index in [1.807, 2.05) is 23.2 Å². The molecule has 1 atom stereocenters. The summed E-state index contributed by atoms with van der Waals surface area (Å²) in [6, 6.07) is 2.02. The highest BCUT2D eigenvalue weighted by atomic mass is 32.2. The monoisotopic (exact) mass is 226 g/mol. The molecule has 1 saturated heterocycles. The first-order valence-corrected chi connectivity index (χ1v) is 6.91. The third kappa shape index (κ3) is 2.20. The maximum Gasteiger partial charge on any atom is 0.176 e. The zero-order valence-electron chi connectivity index (χ0n) is 8.29. The number of ketones is 1. The molecule has 1 aliphatic rings. The van der Waals surface area contributed by atoms with Gasteiger partial charge in [-0.2, -0.15) is 11.8 Å². The second-order valence-electron chi connectivity index (χ2n) is 3.67. The van der Waals surface area contributed by atoms with Gasteiger partial charge in [-0.3, -0.25) is 4.79 Å². The van der Waals surface area contributed by atoms with Crippen LogP contribution < -0.4 is 0 Å². The summed E-state index contributed by atoms with van der Waals surface area (Å²) in [5.74, 6) is 1.50. The van der Waals surface area contributed by atoms with E-state index in [1.54, 1.807) is 11.3 Å². The number of Topliss-reactive ketones (excluding diaryl/α,β-unsaturated/α-hetero) is 1. The van der Waals surface area contributed by atoms with E-state index in [4.69, 9.17) is 0 Å². The minimum atomic E-state index is 0.234. The molecule has 0 amide bonds. The van der Waals surface area contributed by atoms with Crippen molar-refractivity contribution in [1.29, 1.82) is 0 Å². The Morgan fingerprint density at radius 2 is 2.36 bits per heavy atom. The lowest BCUT2D eigenvalue weighted by Gasteiger charge is -2.19. The number of thioether (sulfide) groups is 1. The summed E-state index contributed by atoms with van der Waals surface area (Å²) in [7, 11) is 0. The summed E-state index contributed by atoms with van der Waals surface area (Å²) in [5.41, 5.74) is 0.923. The predicted molar refractivity (Wildman–Crippen MR) is 63.5 cm³/mol. The van der Waals surface area contributed by atoms with Crippen LogP contribution in [-0.4, -0.2) is 16.8 Å². The minimum absolute atomic E-state index is 0.234. The Morgan fingerprint density at radius 3 is 2.93 bits per heavy atom. The molecule has 0 bridgehead atoms. The summed E-state index contributed by atoms with van der Waals surface area (Å²) in [5, 5.41) is 2.23. The molecule has 0 aliphatic carbocycles. The molecule has 0 saturated carbocycles. The maximum atomic E-state index is 12.0. The van der Waals surface area contributed by atoms with Crippen LogP contribution in [0.5, 0.6) is 0 Å². The van der Waals surface area contributed by atoms with Crippen molar-refractivity contribution < 1.29 is 4.79 Å². The van der Waals surface area contributed by atoms with Crippen LogP contribution in [0.15, 0.2) is 11.4 Å². The molecule has 1 unspecified atom stereocenters. The molecule has 0 spiro atoms. The van der Waals surface area contributed by atoms with E-state index in [2.05, 4.69) is 6.92 Å². The summed E-state index contributed by atoms with van der Waals surface area (Å²) in [4.78, 5) is 13.2. The average molecular weight is 226 g/mol. The van der Waals surface area contributed by atoms with Crippen LogP contribution in [0.25, 0.3) is 0 Å². The average Bonchev–Trinajstić information content (AvgIpc) is 2.65. The third-order valence-electron chi connectivity index (χ3n) is 2.49. The van der Waals surface area contributed by atoms with Gasteiger partial charge in [-0.15, -0.1) is 11.3 Å². The molecule has 3 heteroatoms. The van der Waals surface area contributed by atoms with Gasteiger partial charge in [0.1, 0.15) is 0 Å². The molecule has 0 aromatic carbocycles. The van der Waals surface area contributed by atoms with Crippen molar-refractivity contribution in [3.8, 4) is 0 Å². The Labute approximate surface area is 92.9 Å². The molecule has 1 nitrogen and oxygen atoms in total. The zero-order chi connectivity index (χ0) is 9.97. The van der Waals surface area contributed by atoms with Crippen LogP contribution in [0.1, 0.15) is 34.5 Å². The van der Waals surface area contributed by atoms with Crippen LogP contribution in [-0.2, 0) is 0 Å². The van der Waals surface area contributed by atoms with E-state index < -0.39 is 0 Å². The topological polar surface area (TPSA) is 17.1 Å². The highest BCUT2D eigenvalue weighted by molar-refractivity contribution is 8.00. The van der Waals surface area contributed by atoms with Gasteiger partial charge in [0.15, 0.2) is 5.78 Å². The number of rotatable bonds is 2. The largest absolute Gasteiger partial charge is 0.293 e. The van der Waals surface area contributed by atoms with E-state index in [9.17, 15) is 4.79 Å². The van der Waals surface area contributed by atoms with Crippen LogP contribution in [0.4, 0.5) is 0 Å². The second kappa shape index (κ2) is 4.49. The van der Waals surface area contributed by atoms with Gasteiger partial charge in [0, 0.05) is 15.8 Å². The number of hydrogen-bond donors (Lipinski definition) is 0. The van der Waals surface area contributed by atoms with Crippen molar-refractivity contribution in [2.75, 3.05) is 5.75 Å². The lowest BCUT2D eigenvalue weighted by atomic mass is 10.1. The van der Waals surface area contributed by atoms with Gasteiger partial charge in [-0.05, 0) is 31.6 Å². The van der Waals surface area contributed by atoms with E-state index in [-0.39, 0.29) is 5.25 Å². The highest BCUT2D eigenvalue weighted by Crippen LogP contribution is 2.29. The lowest BCUT2D eigenvalue weighted by molar-refractivity contribution is 0.0985. The molecule has 14 heavy (non-hydrogen) atoms. The number of carbonyl (C=O) groups excluding carboxylic acids is 1. The summed E-state index contributed by atoms with van der Waals surface area (Å²) >= 11 is 3.50. The smallest absolute Gasteiger partial charge is 0.176 e. The first-order chi connectivity index (χ1) is 6.77. The van der Waals surface area contributed by atoms with Gasteiger partial charge < -0.3 is 0 Å². The van der Waals surface area contributed by atoms with Crippen LogP contribution in [0.3, 0.4) is 0 Å². The summed E-state index contributed by atoms with van der Waals surface area (Å²) in [6.45, 7) is 2.05. The van der Waals surface area contributed by atoms with Gasteiger partial charge in [-0.25, -0.2) is 0 Å². The predicted octanol–water partition coefficient (Wildman–Crippen LogP) is 3.52. The molecule has 1 aromatic heterocycles. The normalized spacial score (nSPS) is 22.2. The van der Waals surface area contributed by atoms with Crippen molar-refractivity contribution in [3.63, 3.8) is 0 Å². The Hall–Kier alpha value is -0.280. The van der Waals surface area contributed by atoms with Gasteiger partial charge >= 0.3 is 0 Å². The number of hydrogen-bond acceptors (Lipinski definition) is 3. The molecule has 2 heterocycles. The number of aryl methyl sites for hydroxylation is 1. The standard InChI is InChI=1S/C11H14OS2/c1-8-6-9(7-14-8)11(12)10-4-2-3-5-13-10/h6-7,10H,2-5H2,1H3. The number of thiophene rings is 1. The van der Waals surface area contributed by atoms with Gasteiger partial charge in [0.2, 0.25) is 0 Å².